The van der Waals surface area contributed by atoms with Crippen LogP contribution in [-0.4, -0.2) is 47.4 Å². The molecular weight excluding hydrogens is 346 g/mol. The van der Waals surface area contributed by atoms with E-state index in [2.05, 4.69) is 82.6 Å². The number of hydrogen-bond donors (Lipinski definition) is 2. The number of piperidine rings is 1. The smallest absolute Gasteiger partial charge is 0.0834 e. The summed E-state index contributed by atoms with van der Waals surface area (Å²) in [5.41, 5.74) is 3.86. The zero-order valence-corrected chi connectivity index (χ0v) is 16.5. The van der Waals surface area contributed by atoms with Gasteiger partial charge in [0.05, 0.1) is 12.1 Å². The summed E-state index contributed by atoms with van der Waals surface area (Å²) in [6.07, 6.45) is 3.85. The molecule has 2 heterocycles. The highest BCUT2D eigenvalue weighted by atomic mass is 16.3. The van der Waals surface area contributed by atoms with Gasteiger partial charge >= 0.3 is 0 Å². The molecule has 4 heteroatoms. The maximum Gasteiger partial charge on any atom is 0.0834 e. The monoisotopic (exact) mass is 375 g/mol. The average molecular weight is 376 g/mol. The summed E-state index contributed by atoms with van der Waals surface area (Å²) in [4.78, 5) is 2.36. The van der Waals surface area contributed by atoms with E-state index in [1.165, 1.54) is 22.0 Å². The quantitative estimate of drug-likeness (QED) is 0.735. The van der Waals surface area contributed by atoms with E-state index in [-0.39, 0.29) is 17.6 Å². The number of para-hydroxylation sites is 1. The topological polar surface area (TPSA) is 40.4 Å². The molecule has 1 spiro atoms. The predicted molar refractivity (Wildman–Crippen MR) is 114 cm³/mol. The van der Waals surface area contributed by atoms with E-state index in [0.717, 1.165) is 39.0 Å². The molecule has 146 valence electrons. The van der Waals surface area contributed by atoms with Crippen LogP contribution >= 0.6 is 0 Å². The van der Waals surface area contributed by atoms with E-state index < -0.39 is 0 Å². The SMILES string of the molecule is CN(CCn1ccc2ccccc21)[C@@H]1c2ccccc2C2(CCNCC2)[C@H]1O. The van der Waals surface area contributed by atoms with Crippen LogP contribution in [0.4, 0.5) is 0 Å². The van der Waals surface area contributed by atoms with Gasteiger partial charge in [-0.3, -0.25) is 4.90 Å². The first-order valence-electron chi connectivity index (χ1n) is 10.4. The largest absolute Gasteiger partial charge is 0.390 e. The number of aliphatic hydroxyl groups excluding tert-OH is 1. The lowest BCUT2D eigenvalue weighted by molar-refractivity contribution is 0.00583. The van der Waals surface area contributed by atoms with E-state index in [0.29, 0.717) is 0 Å². The number of benzene rings is 2. The molecule has 5 rings (SSSR count). The zero-order valence-electron chi connectivity index (χ0n) is 16.5. The fourth-order valence-corrected chi connectivity index (χ4v) is 5.50. The molecule has 1 saturated heterocycles. The Bertz CT molecular complexity index is 973. The predicted octanol–water partition coefficient (Wildman–Crippen LogP) is 3.31. The van der Waals surface area contributed by atoms with Crippen molar-refractivity contribution < 1.29 is 5.11 Å². The summed E-state index contributed by atoms with van der Waals surface area (Å²) in [5, 5.41) is 16.3. The highest BCUT2D eigenvalue weighted by Crippen LogP contribution is 2.51. The Balaban J connectivity index is 1.40. The second kappa shape index (κ2) is 7.03. The van der Waals surface area contributed by atoms with Gasteiger partial charge in [-0.05, 0) is 61.6 Å². The first-order valence-corrected chi connectivity index (χ1v) is 10.4. The molecule has 0 bridgehead atoms. The number of aliphatic hydroxyl groups is 1. The maximum absolute atomic E-state index is 11.5. The molecule has 1 aliphatic carbocycles. The molecule has 2 aromatic carbocycles. The van der Waals surface area contributed by atoms with Gasteiger partial charge in [-0.15, -0.1) is 0 Å². The van der Waals surface area contributed by atoms with Crippen molar-refractivity contribution in [2.75, 3.05) is 26.7 Å². The van der Waals surface area contributed by atoms with E-state index in [9.17, 15) is 5.11 Å². The van der Waals surface area contributed by atoms with Gasteiger partial charge in [0.1, 0.15) is 0 Å². The van der Waals surface area contributed by atoms with Crippen molar-refractivity contribution in [2.24, 2.45) is 0 Å². The number of likely N-dealkylation sites (N-methyl/N-ethyl adjacent to an activating group) is 1. The third-order valence-electron chi connectivity index (χ3n) is 7.03. The molecule has 2 N–H and O–H groups in total. The second-order valence-electron chi connectivity index (χ2n) is 8.43. The van der Waals surface area contributed by atoms with Crippen LogP contribution in [0.1, 0.15) is 30.0 Å². The molecule has 1 fully saturated rings. The maximum atomic E-state index is 11.5. The lowest BCUT2D eigenvalue weighted by Gasteiger charge is -2.40. The third-order valence-corrected chi connectivity index (χ3v) is 7.03. The summed E-state index contributed by atoms with van der Waals surface area (Å²) >= 11 is 0. The standard InChI is InChI=1S/C24H29N3O/c1-26(16-17-27-15-10-18-6-2-5-9-21(18)27)22-19-7-3-4-8-20(19)24(23(22)28)11-13-25-14-12-24/h2-10,15,22-23,25,28H,11-14,16-17H2,1H3/t22-,23+/m1/s1. The lowest BCUT2D eigenvalue weighted by atomic mass is 9.72. The normalized spacial score (nSPS) is 23.5. The highest BCUT2D eigenvalue weighted by molar-refractivity contribution is 5.79. The van der Waals surface area contributed by atoms with Crippen LogP contribution in [0.5, 0.6) is 0 Å². The zero-order chi connectivity index (χ0) is 19.1. The number of nitrogens with zero attached hydrogens (tertiary/aromatic N) is 2. The Morgan fingerprint density at radius 3 is 2.68 bits per heavy atom. The third kappa shape index (κ3) is 2.71. The van der Waals surface area contributed by atoms with Gasteiger partial charge in [0.2, 0.25) is 0 Å². The van der Waals surface area contributed by atoms with Crippen LogP contribution in [0.3, 0.4) is 0 Å². The number of hydrogen-bond acceptors (Lipinski definition) is 3. The van der Waals surface area contributed by atoms with Gasteiger partial charge in [-0.25, -0.2) is 0 Å². The Hall–Kier alpha value is -2.14. The minimum Gasteiger partial charge on any atom is -0.390 e. The highest BCUT2D eigenvalue weighted by Gasteiger charge is 2.52. The second-order valence-corrected chi connectivity index (χ2v) is 8.43. The molecule has 2 atom stereocenters. The summed E-state index contributed by atoms with van der Waals surface area (Å²) in [5.74, 6) is 0. The Labute approximate surface area is 166 Å². The minimum atomic E-state index is -0.349. The Morgan fingerprint density at radius 2 is 1.82 bits per heavy atom. The molecule has 0 unspecified atom stereocenters. The Kier molecular flexibility index (Phi) is 4.50. The van der Waals surface area contributed by atoms with Crippen LogP contribution in [0.2, 0.25) is 0 Å². The van der Waals surface area contributed by atoms with Crippen molar-refractivity contribution in [3.8, 4) is 0 Å². The number of nitrogens with one attached hydrogen (secondary N) is 1. The molecule has 2 aliphatic rings. The van der Waals surface area contributed by atoms with Crippen molar-refractivity contribution in [3.63, 3.8) is 0 Å². The number of aromatic nitrogens is 1. The van der Waals surface area contributed by atoms with Crippen LogP contribution in [0.25, 0.3) is 10.9 Å². The van der Waals surface area contributed by atoms with Crippen molar-refractivity contribution in [2.45, 2.75) is 36.9 Å². The van der Waals surface area contributed by atoms with Crippen LogP contribution in [0, 0.1) is 0 Å². The molecule has 4 nitrogen and oxygen atoms in total. The number of fused-ring (bicyclic) bond motifs is 3. The van der Waals surface area contributed by atoms with Gasteiger partial charge in [0, 0.05) is 30.2 Å². The van der Waals surface area contributed by atoms with E-state index in [1.807, 2.05) is 0 Å². The van der Waals surface area contributed by atoms with Gasteiger partial charge < -0.3 is 15.0 Å². The molecule has 0 saturated carbocycles. The summed E-state index contributed by atoms with van der Waals surface area (Å²) < 4.78 is 2.32. The summed E-state index contributed by atoms with van der Waals surface area (Å²) in [6, 6.07) is 19.5. The molecule has 28 heavy (non-hydrogen) atoms. The van der Waals surface area contributed by atoms with Crippen molar-refractivity contribution in [1.29, 1.82) is 0 Å². The fourth-order valence-electron chi connectivity index (χ4n) is 5.50. The van der Waals surface area contributed by atoms with E-state index in [4.69, 9.17) is 0 Å². The summed E-state index contributed by atoms with van der Waals surface area (Å²) in [7, 11) is 2.16. The van der Waals surface area contributed by atoms with Gasteiger partial charge in [0.25, 0.3) is 0 Å². The van der Waals surface area contributed by atoms with Gasteiger partial charge in [-0.1, -0.05) is 42.5 Å². The van der Waals surface area contributed by atoms with Crippen LogP contribution in [0.15, 0.2) is 60.8 Å². The van der Waals surface area contributed by atoms with Crippen molar-refractivity contribution >= 4 is 10.9 Å². The van der Waals surface area contributed by atoms with E-state index in [1.54, 1.807) is 0 Å². The molecule has 0 radical (unpaired) electrons. The fraction of sp³-hybridized carbons (Fsp3) is 0.417. The molecule has 3 aromatic rings. The molecular formula is C24H29N3O. The lowest BCUT2D eigenvalue weighted by Crippen LogP contribution is -2.48. The molecule has 1 aliphatic heterocycles. The first kappa shape index (κ1) is 17.9. The van der Waals surface area contributed by atoms with Crippen molar-refractivity contribution in [1.82, 2.24) is 14.8 Å². The average Bonchev–Trinajstić information content (AvgIpc) is 3.25. The van der Waals surface area contributed by atoms with Crippen LogP contribution in [-0.2, 0) is 12.0 Å². The molecule has 0 amide bonds. The molecule has 1 aromatic heterocycles. The van der Waals surface area contributed by atoms with Gasteiger partial charge in [-0.2, -0.15) is 0 Å². The van der Waals surface area contributed by atoms with Crippen molar-refractivity contribution in [3.05, 3.63) is 71.9 Å². The summed E-state index contributed by atoms with van der Waals surface area (Å²) in [6.45, 7) is 3.79. The van der Waals surface area contributed by atoms with E-state index >= 15 is 0 Å². The number of rotatable bonds is 4. The first-order chi connectivity index (χ1) is 13.7. The minimum absolute atomic E-state index is 0.0659. The Morgan fingerprint density at radius 1 is 1.07 bits per heavy atom. The van der Waals surface area contributed by atoms with Gasteiger partial charge in [0.15, 0.2) is 0 Å². The van der Waals surface area contributed by atoms with Crippen LogP contribution < -0.4 is 5.32 Å².